The van der Waals surface area contributed by atoms with Crippen LogP contribution in [0.1, 0.15) is 63.4 Å². The van der Waals surface area contributed by atoms with E-state index in [0.717, 1.165) is 12.8 Å². The third-order valence-electron chi connectivity index (χ3n) is 5.33. The van der Waals surface area contributed by atoms with Crippen LogP contribution in [-0.2, 0) is 10.2 Å². The molecule has 2 aromatic carbocycles. The maximum atomic E-state index is 12.4. The van der Waals surface area contributed by atoms with Gasteiger partial charge in [0.2, 0.25) is 0 Å². The zero-order valence-corrected chi connectivity index (χ0v) is 18.0. The van der Waals surface area contributed by atoms with Gasteiger partial charge < -0.3 is 15.4 Å². The minimum atomic E-state index is -0.313. The molecule has 5 nitrogen and oxygen atoms in total. The predicted molar refractivity (Wildman–Crippen MR) is 118 cm³/mol. The van der Waals surface area contributed by atoms with Gasteiger partial charge in [-0.25, -0.2) is 0 Å². The Hall–Kier alpha value is -2.82. The number of hydrogen-bond donors (Lipinski definition) is 2. The van der Waals surface area contributed by atoms with E-state index in [1.165, 1.54) is 5.56 Å². The van der Waals surface area contributed by atoms with Gasteiger partial charge in [0.15, 0.2) is 6.61 Å². The number of anilines is 1. The molecule has 2 N–H and O–H groups in total. The van der Waals surface area contributed by atoms with Crippen LogP contribution in [0.5, 0.6) is 5.75 Å². The zero-order chi connectivity index (χ0) is 21.4. The van der Waals surface area contributed by atoms with E-state index in [-0.39, 0.29) is 29.9 Å². The van der Waals surface area contributed by atoms with Crippen molar-refractivity contribution in [1.82, 2.24) is 5.32 Å². The van der Waals surface area contributed by atoms with Gasteiger partial charge in [0, 0.05) is 6.04 Å². The highest BCUT2D eigenvalue weighted by atomic mass is 16.5. The number of carbonyl (C=O) groups excluding carboxylic acids is 2. The Kier molecular flexibility index (Phi) is 7.82. The fourth-order valence-electron chi connectivity index (χ4n) is 2.74. The summed E-state index contributed by atoms with van der Waals surface area (Å²) in [6.07, 6.45) is 1.88. The Bertz CT molecular complexity index is 828. The molecule has 2 rings (SSSR count). The molecule has 1 atom stereocenters. The molecule has 0 aliphatic heterocycles. The number of para-hydroxylation sites is 1. The van der Waals surface area contributed by atoms with Crippen LogP contribution in [0.3, 0.4) is 0 Å². The highest BCUT2D eigenvalue weighted by Gasteiger charge is 2.18. The average molecular weight is 397 g/mol. The molecule has 1 unspecified atom stereocenters. The first kappa shape index (κ1) is 22.5. The maximum absolute atomic E-state index is 12.4. The Morgan fingerprint density at radius 3 is 2.31 bits per heavy atom. The number of carbonyl (C=O) groups is 2. The highest BCUT2D eigenvalue weighted by Crippen LogP contribution is 2.28. The Morgan fingerprint density at radius 1 is 1.03 bits per heavy atom. The zero-order valence-electron chi connectivity index (χ0n) is 18.0. The molecule has 0 aromatic heterocycles. The molecule has 0 heterocycles. The third-order valence-corrected chi connectivity index (χ3v) is 5.33. The fourth-order valence-corrected chi connectivity index (χ4v) is 2.74. The molecule has 0 saturated carbocycles. The van der Waals surface area contributed by atoms with Gasteiger partial charge in [-0.05, 0) is 55.0 Å². The number of hydrogen-bond acceptors (Lipinski definition) is 3. The second-order valence-corrected chi connectivity index (χ2v) is 7.93. The van der Waals surface area contributed by atoms with Crippen LogP contribution in [-0.4, -0.2) is 24.5 Å². The summed E-state index contributed by atoms with van der Waals surface area (Å²) in [5, 5.41) is 5.69. The van der Waals surface area contributed by atoms with Crippen LogP contribution >= 0.6 is 0 Å². The first-order chi connectivity index (χ1) is 13.8. The summed E-state index contributed by atoms with van der Waals surface area (Å²) < 4.78 is 5.61. The molecular weight excluding hydrogens is 364 g/mol. The van der Waals surface area contributed by atoms with Crippen LogP contribution in [0.25, 0.3) is 0 Å². The number of amides is 2. The van der Waals surface area contributed by atoms with Gasteiger partial charge in [-0.1, -0.05) is 52.0 Å². The molecule has 0 saturated heterocycles. The summed E-state index contributed by atoms with van der Waals surface area (Å²) in [4.78, 5) is 24.8. The van der Waals surface area contributed by atoms with Gasteiger partial charge in [-0.3, -0.25) is 9.59 Å². The van der Waals surface area contributed by atoms with Crippen molar-refractivity contribution >= 4 is 17.5 Å². The fraction of sp³-hybridized carbons (Fsp3) is 0.417. The van der Waals surface area contributed by atoms with Crippen molar-refractivity contribution in [1.29, 1.82) is 0 Å². The second kappa shape index (κ2) is 10.1. The lowest BCUT2D eigenvalue weighted by atomic mass is 9.82. The smallest absolute Gasteiger partial charge is 0.262 e. The number of rotatable bonds is 9. The SMILES string of the molecule is CCC(C)NC(=O)c1ccccc1NC(=O)COc1ccc(C(C)(C)CC)cc1. The number of benzene rings is 2. The molecule has 0 spiro atoms. The van der Waals surface area contributed by atoms with E-state index in [1.807, 2.05) is 38.1 Å². The normalized spacial score (nSPS) is 12.2. The third kappa shape index (κ3) is 6.34. The molecule has 29 heavy (non-hydrogen) atoms. The number of nitrogens with one attached hydrogen (secondary N) is 2. The molecule has 2 amide bonds. The minimum Gasteiger partial charge on any atom is -0.484 e. The highest BCUT2D eigenvalue weighted by molar-refractivity contribution is 6.04. The monoisotopic (exact) mass is 396 g/mol. The van der Waals surface area contributed by atoms with Gasteiger partial charge in [0.25, 0.3) is 11.8 Å². The second-order valence-electron chi connectivity index (χ2n) is 7.93. The van der Waals surface area contributed by atoms with E-state index in [9.17, 15) is 9.59 Å². The average Bonchev–Trinajstić information content (AvgIpc) is 2.72. The molecule has 0 aliphatic carbocycles. The van der Waals surface area contributed by atoms with E-state index in [4.69, 9.17) is 4.74 Å². The van der Waals surface area contributed by atoms with Crippen LogP contribution in [0, 0.1) is 0 Å². The van der Waals surface area contributed by atoms with Crippen molar-refractivity contribution in [3.05, 3.63) is 59.7 Å². The molecular formula is C24H32N2O3. The summed E-state index contributed by atoms with van der Waals surface area (Å²) in [6, 6.07) is 14.9. The molecule has 0 radical (unpaired) electrons. The van der Waals surface area contributed by atoms with Crippen LogP contribution < -0.4 is 15.4 Å². The van der Waals surface area contributed by atoms with Gasteiger partial charge in [0.1, 0.15) is 5.75 Å². The molecule has 0 fully saturated rings. The Balaban J connectivity index is 1.97. The van der Waals surface area contributed by atoms with E-state index >= 15 is 0 Å². The minimum absolute atomic E-state index is 0.0650. The lowest BCUT2D eigenvalue weighted by Gasteiger charge is -2.23. The van der Waals surface area contributed by atoms with E-state index in [1.54, 1.807) is 24.3 Å². The predicted octanol–water partition coefficient (Wildman–Crippen LogP) is 4.92. The first-order valence-electron chi connectivity index (χ1n) is 10.2. The lowest BCUT2D eigenvalue weighted by Crippen LogP contribution is -2.33. The van der Waals surface area contributed by atoms with E-state index in [2.05, 4.69) is 31.4 Å². The summed E-state index contributed by atoms with van der Waals surface area (Å²) in [5.41, 5.74) is 2.25. The molecule has 2 aromatic rings. The van der Waals surface area contributed by atoms with Gasteiger partial charge in [-0.2, -0.15) is 0 Å². The van der Waals surface area contributed by atoms with Crippen molar-refractivity contribution < 1.29 is 14.3 Å². The summed E-state index contributed by atoms with van der Waals surface area (Å²) in [7, 11) is 0. The maximum Gasteiger partial charge on any atom is 0.262 e. The quantitative estimate of drug-likeness (QED) is 0.632. The topological polar surface area (TPSA) is 67.4 Å². The Morgan fingerprint density at radius 2 is 1.69 bits per heavy atom. The standard InChI is InChI=1S/C24H32N2O3/c1-6-17(3)25-23(28)20-10-8-9-11-21(20)26-22(27)16-29-19-14-12-18(13-15-19)24(4,5)7-2/h8-15,17H,6-7,16H2,1-5H3,(H,25,28)(H,26,27). The van der Waals surface area contributed by atoms with Crippen molar-refractivity contribution in [3.8, 4) is 5.75 Å². The first-order valence-corrected chi connectivity index (χ1v) is 10.2. The van der Waals surface area contributed by atoms with E-state index in [0.29, 0.717) is 17.0 Å². The lowest BCUT2D eigenvalue weighted by molar-refractivity contribution is -0.118. The number of ether oxygens (including phenoxy) is 1. The summed E-state index contributed by atoms with van der Waals surface area (Å²) in [5.74, 6) is 0.121. The van der Waals surface area contributed by atoms with Gasteiger partial charge >= 0.3 is 0 Å². The van der Waals surface area contributed by atoms with Crippen molar-refractivity contribution in [3.63, 3.8) is 0 Å². The van der Waals surface area contributed by atoms with E-state index < -0.39 is 0 Å². The van der Waals surface area contributed by atoms with Crippen LogP contribution in [0.4, 0.5) is 5.69 Å². The largest absolute Gasteiger partial charge is 0.484 e. The molecule has 156 valence electrons. The summed E-state index contributed by atoms with van der Waals surface area (Å²) in [6.45, 7) is 10.4. The molecule has 0 aliphatic rings. The Labute approximate surface area is 173 Å². The van der Waals surface area contributed by atoms with Crippen molar-refractivity contribution in [2.75, 3.05) is 11.9 Å². The van der Waals surface area contributed by atoms with Crippen molar-refractivity contribution in [2.45, 2.75) is 58.9 Å². The van der Waals surface area contributed by atoms with Crippen LogP contribution in [0.2, 0.25) is 0 Å². The van der Waals surface area contributed by atoms with Crippen molar-refractivity contribution in [2.24, 2.45) is 0 Å². The summed E-state index contributed by atoms with van der Waals surface area (Å²) >= 11 is 0. The van der Waals surface area contributed by atoms with Gasteiger partial charge in [0.05, 0.1) is 11.3 Å². The van der Waals surface area contributed by atoms with Gasteiger partial charge in [-0.15, -0.1) is 0 Å². The van der Waals surface area contributed by atoms with Crippen LogP contribution in [0.15, 0.2) is 48.5 Å². The molecule has 0 bridgehead atoms. The molecule has 5 heteroatoms.